The molecule has 1 atom stereocenters. The first-order valence-corrected chi connectivity index (χ1v) is 6.00. The van der Waals surface area contributed by atoms with Crippen LogP contribution in [0.4, 0.5) is 0 Å². The standard InChI is InChI=1S/C11H12N4OS/c12-7-9(8-3-1-2-5-13-8)17-11-14-6-4-10(16)15-11/h1-6,9H,7,12H2,(H,14,15,16). The number of H-pyrrole nitrogens is 1. The first-order chi connectivity index (χ1) is 8.29. The van der Waals surface area contributed by atoms with Crippen molar-refractivity contribution in [2.75, 3.05) is 6.54 Å². The molecule has 2 aromatic heterocycles. The molecule has 2 aromatic rings. The lowest BCUT2D eigenvalue weighted by molar-refractivity contribution is 0.873. The summed E-state index contributed by atoms with van der Waals surface area (Å²) in [6.45, 7) is 0.431. The highest BCUT2D eigenvalue weighted by atomic mass is 32.2. The number of aromatic nitrogens is 3. The number of hydrogen-bond donors (Lipinski definition) is 2. The van der Waals surface area contributed by atoms with Crippen LogP contribution >= 0.6 is 11.8 Å². The third kappa shape index (κ3) is 3.15. The van der Waals surface area contributed by atoms with Gasteiger partial charge < -0.3 is 10.7 Å². The van der Waals surface area contributed by atoms with E-state index in [0.717, 1.165) is 5.69 Å². The highest BCUT2D eigenvalue weighted by molar-refractivity contribution is 7.99. The van der Waals surface area contributed by atoms with Crippen molar-refractivity contribution in [1.29, 1.82) is 0 Å². The van der Waals surface area contributed by atoms with E-state index in [1.807, 2.05) is 18.2 Å². The maximum Gasteiger partial charge on any atom is 0.251 e. The van der Waals surface area contributed by atoms with Gasteiger partial charge in [-0.3, -0.25) is 9.78 Å². The van der Waals surface area contributed by atoms with Gasteiger partial charge in [0.2, 0.25) is 0 Å². The van der Waals surface area contributed by atoms with E-state index in [-0.39, 0.29) is 10.8 Å². The van der Waals surface area contributed by atoms with E-state index < -0.39 is 0 Å². The van der Waals surface area contributed by atoms with E-state index in [0.29, 0.717) is 11.7 Å². The number of hydrogen-bond acceptors (Lipinski definition) is 5. The molecule has 0 radical (unpaired) electrons. The zero-order valence-corrected chi connectivity index (χ0v) is 9.85. The Hall–Kier alpha value is -1.66. The summed E-state index contributed by atoms with van der Waals surface area (Å²) in [5.41, 5.74) is 6.42. The van der Waals surface area contributed by atoms with Gasteiger partial charge in [-0.05, 0) is 12.1 Å². The minimum atomic E-state index is -0.167. The molecule has 0 aliphatic rings. The topological polar surface area (TPSA) is 84.7 Å². The summed E-state index contributed by atoms with van der Waals surface area (Å²) in [6, 6.07) is 7.05. The van der Waals surface area contributed by atoms with E-state index in [9.17, 15) is 4.79 Å². The van der Waals surface area contributed by atoms with Crippen LogP contribution < -0.4 is 11.3 Å². The predicted octanol–water partition coefficient (Wildman–Crippen LogP) is 0.957. The van der Waals surface area contributed by atoms with Crippen molar-refractivity contribution in [3.8, 4) is 0 Å². The quantitative estimate of drug-likeness (QED) is 0.622. The van der Waals surface area contributed by atoms with E-state index in [1.54, 1.807) is 6.20 Å². The Morgan fingerprint density at radius 3 is 2.82 bits per heavy atom. The maximum absolute atomic E-state index is 11.1. The van der Waals surface area contributed by atoms with Crippen molar-refractivity contribution in [3.05, 3.63) is 52.7 Å². The van der Waals surface area contributed by atoms with Gasteiger partial charge in [0, 0.05) is 25.0 Å². The summed E-state index contributed by atoms with van der Waals surface area (Å²) in [4.78, 5) is 22.1. The Bertz CT molecular complexity index is 528. The van der Waals surface area contributed by atoms with Crippen LogP contribution in [0.25, 0.3) is 0 Å². The molecule has 0 spiro atoms. The Labute approximate surface area is 103 Å². The van der Waals surface area contributed by atoms with Crippen LogP contribution in [0.1, 0.15) is 10.9 Å². The zero-order valence-electron chi connectivity index (χ0n) is 9.04. The van der Waals surface area contributed by atoms with Crippen LogP contribution in [0.3, 0.4) is 0 Å². The molecule has 2 rings (SSSR count). The van der Waals surface area contributed by atoms with Crippen LogP contribution in [0, 0.1) is 0 Å². The number of nitrogens with one attached hydrogen (secondary N) is 1. The summed E-state index contributed by atoms with van der Waals surface area (Å²) >= 11 is 1.40. The molecule has 0 saturated carbocycles. The van der Waals surface area contributed by atoms with Crippen LogP contribution in [-0.4, -0.2) is 21.5 Å². The molecule has 17 heavy (non-hydrogen) atoms. The lowest BCUT2D eigenvalue weighted by Gasteiger charge is -2.12. The molecule has 3 N–H and O–H groups in total. The van der Waals surface area contributed by atoms with Gasteiger partial charge in [0.05, 0.1) is 10.9 Å². The molecule has 0 bridgehead atoms. The number of pyridine rings is 1. The number of nitrogens with two attached hydrogens (primary N) is 1. The summed E-state index contributed by atoms with van der Waals surface area (Å²) < 4.78 is 0. The number of nitrogens with zero attached hydrogens (tertiary/aromatic N) is 2. The fourth-order valence-electron chi connectivity index (χ4n) is 1.34. The van der Waals surface area contributed by atoms with E-state index in [2.05, 4.69) is 15.0 Å². The molecular formula is C11H12N4OS. The Morgan fingerprint density at radius 1 is 1.29 bits per heavy atom. The second-order valence-electron chi connectivity index (χ2n) is 3.34. The highest BCUT2D eigenvalue weighted by Gasteiger charge is 2.13. The Kier molecular flexibility index (Phi) is 3.89. The van der Waals surface area contributed by atoms with Gasteiger partial charge in [-0.15, -0.1) is 0 Å². The third-order valence-corrected chi connectivity index (χ3v) is 3.28. The van der Waals surface area contributed by atoms with Crippen LogP contribution in [-0.2, 0) is 0 Å². The van der Waals surface area contributed by atoms with Crippen LogP contribution in [0.2, 0.25) is 0 Å². The van der Waals surface area contributed by atoms with Gasteiger partial charge in [0.15, 0.2) is 5.16 Å². The second-order valence-corrected chi connectivity index (χ2v) is 4.53. The first kappa shape index (κ1) is 11.8. The molecule has 0 amide bonds. The Morgan fingerprint density at radius 2 is 2.18 bits per heavy atom. The molecule has 2 heterocycles. The molecule has 1 unspecified atom stereocenters. The van der Waals surface area contributed by atoms with Gasteiger partial charge in [-0.1, -0.05) is 17.8 Å². The van der Waals surface area contributed by atoms with Crippen molar-refractivity contribution >= 4 is 11.8 Å². The Balaban J connectivity index is 2.19. The van der Waals surface area contributed by atoms with Crippen molar-refractivity contribution in [1.82, 2.24) is 15.0 Å². The molecule has 5 nitrogen and oxygen atoms in total. The molecule has 0 aromatic carbocycles. The summed E-state index contributed by atoms with van der Waals surface area (Å²) in [7, 11) is 0. The SMILES string of the molecule is NCC(Sc1nccc(=O)[nH]1)c1ccccn1. The van der Waals surface area contributed by atoms with Gasteiger partial charge in [0.25, 0.3) is 5.56 Å². The van der Waals surface area contributed by atoms with Gasteiger partial charge in [-0.25, -0.2) is 4.98 Å². The van der Waals surface area contributed by atoms with E-state index >= 15 is 0 Å². The number of thioether (sulfide) groups is 1. The van der Waals surface area contributed by atoms with Crippen LogP contribution in [0.15, 0.2) is 46.6 Å². The van der Waals surface area contributed by atoms with Crippen molar-refractivity contribution in [3.63, 3.8) is 0 Å². The lowest BCUT2D eigenvalue weighted by Crippen LogP contribution is -2.12. The fourth-order valence-corrected chi connectivity index (χ4v) is 2.25. The second kappa shape index (κ2) is 5.60. The number of aromatic amines is 1. The van der Waals surface area contributed by atoms with Crippen molar-refractivity contribution in [2.45, 2.75) is 10.4 Å². The van der Waals surface area contributed by atoms with Crippen LogP contribution in [0.5, 0.6) is 0 Å². The monoisotopic (exact) mass is 248 g/mol. The molecule has 6 heteroatoms. The summed E-state index contributed by atoms with van der Waals surface area (Å²) in [5.74, 6) is 0. The van der Waals surface area contributed by atoms with Gasteiger partial charge >= 0.3 is 0 Å². The minimum Gasteiger partial charge on any atom is -0.329 e. The molecular weight excluding hydrogens is 236 g/mol. The highest BCUT2D eigenvalue weighted by Crippen LogP contribution is 2.30. The van der Waals surface area contributed by atoms with Crippen molar-refractivity contribution < 1.29 is 0 Å². The molecule has 0 aliphatic heterocycles. The zero-order chi connectivity index (χ0) is 12.1. The molecule has 0 aliphatic carbocycles. The number of rotatable bonds is 4. The summed E-state index contributed by atoms with van der Waals surface area (Å²) in [5, 5.41) is 0.542. The average Bonchev–Trinajstić information content (AvgIpc) is 2.37. The van der Waals surface area contributed by atoms with E-state index in [1.165, 1.54) is 24.0 Å². The van der Waals surface area contributed by atoms with Gasteiger partial charge in [0.1, 0.15) is 0 Å². The molecule has 88 valence electrons. The molecule has 0 fully saturated rings. The normalized spacial score (nSPS) is 12.3. The first-order valence-electron chi connectivity index (χ1n) is 5.12. The lowest BCUT2D eigenvalue weighted by atomic mass is 10.3. The smallest absolute Gasteiger partial charge is 0.251 e. The van der Waals surface area contributed by atoms with Crippen molar-refractivity contribution in [2.24, 2.45) is 5.73 Å². The predicted molar refractivity (Wildman–Crippen MR) is 66.7 cm³/mol. The maximum atomic E-state index is 11.1. The minimum absolute atomic E-state index is 0.0123. The average molecular weight is 248 g/mol. The largest absolute Gasteiger partial charge is 0.329 e. The summed E-state index contributed by atoms with van der Waals surface area (Å²) in [6.07, 6.45) is 3.20. The third-order valence-electron chi connectivity index (χ3n) is 2.13. The fraction of sp³-hybridized carbons (Fsp3) is 0.182. The van der Waals surface area contributed by atoms with Gasteiger partial charge in [-0.2, -0.15) is 0 Å². The van der Waals surface area contributed by atoms with E-state index in [4.69, 9.17) is 5.73 Å². The molecule has 0 saturated heterocycles.